The molecule has 0 radical (unpaired) electrons. The zero-order chi connectivity index (χ0) is 22.2. The summed E-state index contributed by atoms with van der Waals surface area (Å²) in [6, 6.07) is 1.20. The number of nitrogens with two attached hydrogens (primary N) is 1. The first kappa shape index (κ1) is 27.0. The normalized spacial score (nSPS) is 28.3. The van der Waals surface area contributed by atoms with Gasteiger partial charge < -0.3 is 46.4 Å². The van der Waals surface area contributed by atoms with Gasteiger partial charge in [-0.2, -0.15) is 13.6 Å². The van der Waals surface area contributed by atoms with E-state index in [9.17, 15) is 33.6 Å². The Hall–Kier alpha value is -1.07. The van der Waals surface area contributed by atoms with E-state index in [0.29, 0.717) is 0 Å². The molecule has 30 heavy (non-hydrogen) atoms. The van der Waals surface area contributed by atoms with Crippen molar-refractivity contribution in [2.24, 2.45) is 0 Å². The predicted molar refractivity (Wildman–Crippen MR) is 93.7 cm³/mol. The van der Waals surface area contributed by atoms with E-state index in [4.69, 9.17) is 25.2 Å². The van der Waals surface area contributed by atoms with E-state index in [0.717, 1.165) is 10.8 Å². The maximum absolute atomic E-state index is 11.8. The van der Waals surface area contributed by atoms with Gasteiger partial charge in [-0.25, -0.2) is 18.5 Å². The van der Waals surface area contributed by atoms with Crippen molar-refractivity contribution in [2.45, 2.75) is 24.5 Å². The number of ether oxygens (including phenoxy) is 1. The van der Waals surface area contributed by atoms with Crippen LogP contribution in [0.25, 0.3) is 0 Å². The molecular weight excluding hydrogens is 481 g/mol. The van der Waals surface area contributed by atoms with Gasteiger partial charge in [-0.1, -0.05) is 0 Å². The minimum Gasteiger partial charge on any atom is -0.387 e. The molecule has 1 aromatic heterocycles. The van der Waals surface area contributed by atoms with Crippen molar-refractivity contribution in [1.29, 1.82) is 0 Å². The lowest BCUT2D eigenvalue weighted by molar-refractivity contribution is -0.0541. The van der Waals surface area contributed by atoms with Crippen molar-refractivity contribution in [2.75, 3.05) is 12.3 Å². The first-order valence-electron chi connectivity index (χ1n) is 7.25. The largest absolute Gasteiger partial charge is 0.490 e. The van der Waals surface area contributed by atoms with E-state index in [-0.39, 0.29) is 12.0 Å². The van der Waals surface area contributed by atoms with E-state index < -0.39 is 60.3 Å². The number of anilines is 1. The van der Waals surface area contributed by atoms with Gasteiger partial charge in [0.25, 0.3) is 0 Å². The Morgan fingerprint density at radius 3 is 2.23 bits per heavy atom. The predicted octanol–water partition coefficient (Wildman–Crippen LogP) is -2.05. The summed E-state index contributed by atoms with van der Waals surface area (Å²) in [6.07, 6.45) is -5.38. The second-order valence-corrected chi connectivity index (χ2v) is 9.90. The molecule has 1 saturated heterocycles. The fourth-order valence-corrected chi connectivity index (χ4v) is 5.22. The zero-order valence-corrected chi connectivity index (χ0v) is 17.3. The van der Waals surface area contributed by atoms with Crippen molar-refractivity contribution in [3.05, 3.63) is 22.7 Å². The third-order valence-corrected chi connectivity index (χ3v) is 7.08. The van der Waals surface area contributed by atoms with Gasteiger partial charge in [0.2, 0.25) is 0 Å². The van der Waals surface area contributed by atoms with E-state index in [1.165, 1.54) is 6.07 Å². The number of hydrogen-bond donors (Lipinski definition) is 8. The number of aliphatic hydroxyl groups excluding tert-OH is 2. The molecule has 11 N–H and O–H groups in total. The molecule has 21 heteroatoms. The Kier molecular flexibility index (Phi) is 8.63. The van der Waals surface area contributed by atoms with Crippen LogP contribution >= 0.6 is 23.5 Å². The molecule has 0 saturated carbocycles. The van der Waals surface area contributed by atoms with Crippen molar-refractivity contribution >= 4 is 29.3 Å². The summed E-state index contributed by atoms with van der Waals surface area (Å²) < 4.78 is 50.8. The van der Waals surface area contributed by atoms with Crippen LogP contribution < -0.4 is 17.6 Å². The Bertz CT molecular complexity index is 949. The first-order valence-corrected chi connectivity index (χ1v) is 11.8. The van der Waals surface area contributed by atoms with Crippen LogP contribution in [-0.4, -0.2) is 64.3 Å². The Morgan fingerprint density at radius 2 is 1.70 bits per heavy atom. The van der Waals surface area contributed by atoms with Crippen LogP contribution in [0, 0.1) is 0 Å². The Morgan fingerprint density at radius 1 is 1.10 bits per heavy atom. The third-order valence-electron chi connectivity index (χ3n) is 3.28. The average molecular weight is 500 g/mol. The minimum atomic E-state index is -5.71. The fourth-order valence-electron chi connectivity index (χ4n) is 2.19. The van der Waals surface area contributed by atoms with Crippen LogP contribution in [0.3, 0.4) is 0 Å². The highest BCUT2D eigenvalue weighted by molar-refractivity contribution is 7.66. The van der Waals surface area contributed by atoms with E-state index >= 15 is 0 Å². The van der Waals surface area contributed by atoms with Gasteiger partial charge in [0.05, 0.1) is 6.61 Å². The molecule has 2 heterocycles. The van der Waals surface area contributed by atoms with E-state index in [1.54, 1.807) is 0 Å². The van der Waals surface area contributed by atoms with Crippen molar-refractivity contribution in [3.63, 3.8) is 0 Å². The summed E-state index contributed by atoms with van der Waals surface area (Å²) in [5.74, 6) is -0.122. The molecule has 6 unspecified atom stereocenters. The number of phosphoric acid groups is 3. The van der Waals surface area contributed by atoms with Gasteiger partial charge in [0.15, 0.2) is 6.23 Å². The monoisotopic (exact) mass is 500 g/mol. The number of rotatable bonds is 8. The third kappa shape index (κ3) is 7.26. The van der Waals surface area contributed by atoms with E-state index in [2.05, 4.69) is 18.1 Å². The number of nitrogens with zero attached hydrogens (tertiary/aromatic N) is 2. The molecule has 0 bridgehead atoms. The molecule has 1 aliphatic heterocycles. The lowest BCUT2D eigenvalue weighted by Crippen LogP contribution is -2.36. The van der Waals surface area contributed by atoms with Crippen LogP contribution in [0.4, 0.5) is 5.82 Å². The highest BCUT2D eigenvalue weighted by Gasteiger charge is 2.46. The van der Waals surface area contributed by atoms with Crippen LogP contribution in [0.2, 0.25) is 0 Å². The summed E-state index contributed by atoms with van der Waals surface area (Å²) in [6.45, 7) is -1.02. The van der Waals surface area contributed by atoms with Gasteiger partial charge in [0.1, 0.15) is 24.1 Å². The lowest BCUT2D eigenvalue weighted by atomic mass is 10.1. The number of aliphatic hydroxyl groups is 2. The fraction of sp³-hybridized carbons (Fsp3) is 0.556. The highest BCUT2D eigenvalue weighted by atomic mass is 31.3. The molecule has 2 rings (SSSR count). The van der Waals surface area contributed by atoms with Crippen molar-refractivity contribution in [3.8, 4) is 0 Å². The van der Waals surface area contributed by atoms with E-state index in [1.807, 2.05) is 0 Å². The molecular formula is C9H19N4O14P3. The van der Waals surface area contributed by atoms with Gasteiger partial charge in [-0.15, -0.1) is 0 Å². The molecule has 0 amide bonds. The van der Waals surface area contributed by atoms with Crippen LogP contribution in [0.1, 0.15) is 6.23 Å². The molecule has 6 atom stereocenters. The molecule has 174 valence electrons. The lowest BCUT2D eigenvalue weighted by Gasteiger charge is -2.19. The smallest absolute Gasteiger partial charge is 0.387 e. The summed E-state index contributed by atoms with van der Waals surface area (Å²) in [4.78, 5) is 50.5. The van der Waals surface area contributed by atoms with Crippen molar-refractivity contribution in [1.82, 2.24) is 15.7 Å². The summed E-state index contributed by atoms with van der Waals surface area (Å²) in [7, 11) is -16.7. The molecule has 0 aliphatic carbocycles. The summed E-state index contributed by atoms with van der Waals surface area (Å²) in [5.41, 5.74) is 4.39. The molecule has 1 fully saturated rings. The number of aromatic nitrogens is 2. The van der Waals surface area contributed by atoms with Gasteiger partial charge in [-0.3, -0.25) is 9.09 Å². The zero-order valence-electron chi connectivity index (χ0n) is 14.6. The summed E-state index contributed by atoms with van der Waals surface area (Å²) >= 11 is 0. The SMILES string of the molecule is N.Nc1ccn(C2OC(COP(=O)(O)OP(=O)(O)OP(=O)(O)O)C(O)C2O)c(=O)n1. The molecule has 18 nitrogen and oxygen atoms in total. The number of phosphoric ester groups is 1. The second-order valence-electron chi connectivity index (χ2n) is 5.48. The number of nitrogen functional groups attached to an aromatic ring is 1. The quantitative estimate of drug-likeness (QED) is 0.178. The van der Waals surface area contributed by atoms with Crippen LogP contribution in [0.5, 0.6) is 0 Å². The standard InChI is InChI=1S/C9H16N3O14P3.H3N/c10-5-1-2-12(9(15)11-5)8-7(14)6(13)4(24-8)3-23-28(19,20)26-29(21,22)25-27(16,17)18;/h1-2,4,6-8,13-14H,3H2,(H,19,20)(H,21,22)(H2,10,11,15)(H2,16,17,18);1H3. The topological polar surface area (TPSA) is 305 Å². The number of hydrogen-bond acceptors (Lipinski definition) is 13. The Labute approximate surface area is 166 Å². The van der Waals surface area contributed by atoms with Crippen LogP contribution in [0.15, 0.2) is 17.1 Å². The van der Waals surface area contributed by atoms with Crippen molar-refractivity contribution < 1.29 is 61.4 Å². The minimum absolute atomic E-state index is 0. The summed E-state index contributed by atoms with van der Waals surface area (Å²) in [5, 5.41) is 20.0. The maximum Gasteiger partial charge on any atom is 0.490 e. The Balaban J connectivity index is 0.00000450. The molecule has 0 aromatic carbocycles. The maximum atomic E-state index is 11.8. The highest BCUT2D eigenvalue weighted by Crippen LogP contribution is 2.66. The average Bonchev–Trinajstić information content (AvgIpc) is 2.78. The molecule has 1 aliphatic rings. The van der Waals surface area contributed by atoms with Gasteiger partial charge in [0, 0.05) is 6.20 Å². The first-order chi connectivity index (χ1) is 13.1. The van der Waals surface area contributed by atoms with Gasteiger partial charge >= 0.3 is 29.2 Å². The van der Waals surface area contributed by atoms with Crippen LogP contribution in [-0.2, 0) is 31.6 Å². The second kappa shape index (κ2) is 9.60. The van der Waals surface area contributed by atoms with Gasteiger partial charge in [-0.05, 0) is 6.07 Å². The molecule has 0 spiro atoms. The molecule has 1 aromatic rings.